The monoisotopic (exact) mass is 256 g/mol. The lowest BCUT2D eigenvalue weighted by Gasteiger charge is -2.28. The summed E-state index contributed by atoms with van der Waals surface area (Å²) < 4.78 is 40.6. The van der Waals surface area contributed by atoms with Crippen LogP contribution in [0.5, 0.6) is 0 Å². The highest BCUT2D eigenvalue weighted by atomic mass is 19.4. The van der Waals surface area contributed by atoms with Crippen LogP contribution in [0.25, 0.3) is 0 Å². The van der Waals surface area contributed by atoms with E-state index in [0.717, 1.165) is 0 Å². The van der Waals surface area contributed by atoms with Crippen molar-refractivity contribution in [2.45, 2.75) is 44.5 Å². The lowest BCUT2D eigenvalue weighted by atomic mass is 9.94. The van der Waals surface area contributed by atoms with Crippen LogP contribution in [0.15, 0.2) is 0 Å². The standard InChI is InChI=1S/C10H19F3N2O2/c1-7(17-5-4-10(11,12)13)6-9(2,15-3)8(14)16/h7,15H,4-6H2,1-3H3,(H2,14,16). The van der Waals surface area contributed by atoms with Gasteiger partial charge in [0.1, 0.15) is 0 Å². The van der Waals surface area contributed by atoms with E-state index in [1.807, 2.05) is 0 Å². The Bertz CT molecular complexity index is 258. The Balaban J connectivity index is 4.09. The average Bonchev–Trinajstić information content (AvgIpc) is 2.15. The molecule has 0 spiro atoms. The number of nitrogens with one attached hydrogen (secondary N) is 1. The summed E-state index contributed by atoms with van der Waals surface area (Å²) in [5.74, 6) is -0.564. The van der Waals surface area contributed by atoms with E-state index in [9.17, 15) is 18.0 Å². The van der Waals surface area contributed by atoms with E-state index in [-0.39, 0.29) is 6.42 Å². The number of amides is 1. The van der Waals surface area contributed by atoms with Crippen molar-refractivity contribution in [3.63, 3.8) is 0 Å². The summed E-state index contributed by atoms with van der Waals surface area (Å²) in [4.78, 5) is 11.1. The molecule has 0 saturated heterocycles. The quantitative estimate of drug-likeness (QED) is 0.719. The van der Waals surface area contributed by atoms with E-state index in [0.29, 0.717) is 0 Å². The molecule has 0 aliphatic carbocycles. The summed E-state index contributed by atoms with van der Waals surface area (Å²) >= 11 is 0. The van der Waals surface area contributed by atoms with Gasteiger partial charge in [-0.25, -0.2) is 0 Å². The summed E-state index contributed by atoms with van der Waals surface area (Å²) in [6, 6.07) is 0. The number of hydrogen-bond acceptors (Lipinski definition) is 3. The number of rotatable bonds is 7. The van der Waals surface area contributed by atoms with E-state index in [2.05, 4.69) is 5.32 Å². The first-order chi connectivity index (χ1) is 7.60. The molecule has 2 atom stereocenters. The molecule has 4 nitrogen and oxygen atoms in total. The summed E-state index contributed by atoms with van der Waals surface area (Å²) in [5, 5.41) is 2.74. The molecule has 0 rings (SSSR count). The van der Waals surface area contributed by atoms with Crippen LogP contribution in [0.4, 0.5) is 13.2 Å². The zero-order valence-corrected chi connectivity index (χ0v) is 10.2. The lowest BCUT2D eigenvalue weighted by molar-refractivity contribution is -0.149. The molecule has 102 valence electrons. The number of carbonyl (C=O) groups is 1. The van der Waals surface area contributed by atoms with E-state index < -0.39 is 36.8 Å². The van der Waals surface area contributed by atoms with Crippen LogP contribution in [-0.4, -0.2) is 37.4 Å². The minimum Gasteiger partial charge on any atom is -0.378 e. The van der Waals surface area contributed by atoms with Gasteiger partial charge in [-0.15, -0.1) is 0 Å². The molecule has 7 heteroatoms. The van der Waals surface area contributed by atoms with Gasteiger partial charge in [0.15, 0.2) is 0 Å². The largest absolute Gasteiger partial charge is 0.391 e. The maximum absolute atomic E-state index is 11.9. The summed E-state index contributed by atoms with van der Waals surface area (Å²) in [5.41, 5.74) is 4.22. The molecular formula is C10H19F3N2O2. The van der Waals surface area contributed by atoms with Gasteiger partial charge in [0.05, 0.1) is 24.7 Å². The van der Waals surface area contributed by atoms with Gasteiger partial charge in [0, 0.05) is 6.42 Å². The third kappa shape index (κ3) is 6.48. The van der Waals surface area contributed by atoms with Crippen LogP contribution >= 0.6 is 0 Å². The molecule has 3 N–H and O–H groups in total. The number of ether oxygens (including phenoxy) is 1. The van der Waals surface area contributed by atoms with Gasteiger partial charge in [0.2, 0.25) is 5.91 Å². The second kappa shape index (κ2) is 6.20. The zero-order chi connectivity index (χ0) is 13.7. The number of hydrogen-bond donors (Lipinski definition) is 2. The molecule has 2 unspecified atom stereocenters. The third-order valence-electron chi connectivity index (χ3n) is 2.58. The molecule has 0 aromatic carbocycles. The van der Waals surface area contributed by atoms with Crippen LogP contribution in [-0.2, 0) is 9.53 Å². The van der Waals surface area contributed by atoms with E-state index in [1.54, 1.807) is 20.9 Å². The highest BCUT2D eigenvalue weighted by Crippen LogP contribution is 2.20. The Morgan fingerprint density at radius 3 is 2.35 bits per heavy atom. The number of nitrogens with two attached hydrogens (primary N) is 1. The highest BCUT2D eigenvalue weighted by molar-refractivity contribution is 5.84. The molecular weight excluding hydrogens is 237 g/mol. The second-order valence-corrected chi connectivity index (χ2v) is 4.20. The van der Waals surface area contributed by atoms with Gasteiger partial charge in [-0.2, -0.15) is 13.2 Å². The predicted molar refractivity (Wildman–Crippen MR) is 57.4 cm³/mol. The molecule has 0 aliphatic rings. The Kier molecular flexibility index (Phi) is 5.91. The van der Waals surface area contributed by atoms with Crippen molar-refractivity contribution >= 4 is 5.91 Å². The predicted octanol–water partition coefficient (Wildman–Crippen LogP) is 1.20. The first kappa shape index (κ1) is 16.2. The molecule has 0 radical (unpaired) electrons. The Hall–Kier alpha value is -0.820. The molecule has 0 saturated carbocycles. The van der Waals surface area contributed by atoms with Crippen molar-refractivity contribution in [1.29, 1.82) is 0 Å². The van der Waals surface area contributed by atoms with Crippen molar-refractivity contribution in [1.82, 2.24) is 5.32 Å². The summed E-state index contributed by atoms with van der Waals surface area (Å²) in [6.45, 7) is 2.77. The minimum atomic E-state index is -4.23. The fourth-order valence-electron chi connectivity index (χ4n) is 1.34. The van der Waals surface area contributed by atoms with Gasteiger partial charge in [-0.05, 0) is 20.9 Å². The van der Waals surface area contributed by atoms with Crippen molar-refractivity contribution in [3.8, 4) is 0 Å². The number of primary amides is 1. The summed E-state index contributed by atoms with van der Waals surface area (Å²) in [6.07, 6.45) is -5.49. The summed E-state index contributed by atoms with van der Waals surface area (Å²) in [7, 11) is 1.56. The van der Waals surface area contributed by atoms with Gasteiger partial charge in [0.25, 0.3) is 0 Å². The molecule has 0 aliphatic heterocycles. The van der Waals surface area contributed by atoms with Crippen molar-refractivity contribution in [2.24, 2.45) is 5.73 Å². The molecule has 0 heterocycles. The Morgan fingerprint density at radius 1 is 1.47 bits per heavy atom. The molecule has 0 bridgehead atoms. The highest BCUT2D eigenvalue weighted by Gasteiger charge is 2.32. The first-order valence-corrected chi connectivity index (χ1v) is 5.28. The van der Waals surface area contributed by atoms with E-state index in [1.165, 1.54) is 0 Å². The maximum Gasteiger partial charge on any atom is 0.391 e. The number of halogens is 3. The first-order valence-electron chi connectivity index (χ1n) is 5.28. The van der Waals surface area contributed by atoms with Crippen LogP contribution < -0.4 is 11.1 Å². The average molecular weight is 256 g/mol. The van der Waals surface area contributed by atoms with Crippen molar-refractivity contribution in [3.05, 3.63) is 0 Å². The zero-order valence-electron chi connectivity index (χ0n) is 10.2. The SMILES string of the molecule is CNC(C)(CC(C)OCCC(F)(F)F)C(N)=O. The lowest BCUT2D eigenvalue weighted by Crippen LogP contribution is -2.53. The topological polar surface area (TPSA) is 64.3 Å². The molecule has 0 fully saturated rings. The van der Waals surface area contributed by atoms with Gasteiger partial charge >= 0.3 is 6.18 Å². The van der Waals surface area contributed by atoms with Crippen LogP contribution in [0.1, 0.15) is 26.7 Å². The van der Waals surface area contributed by atoms with Gasteiger partial charge in [-0.3, -0.25) is 4.79 Å². The van der Waals surface area contributed by atoms with Gasteiger partial charge in [-0.1, -0.05) is 0 Å². The molecule has 17 heavy (non-hydrogen) atoms. The van der Waals surface area contributed by atoms with E-state index >= 15 is 0 Å². The Morgan fingerprint density at radius 2 is 2.00 bits per heavy atom. The van der Waals surface area contributed by atoms with E-state index in [4.69, 9.17) is 10.5 Å². The number of carbonyl (C=O) groups excluding carboxylic acids is 1. The Labute approximate surface area is 98.7 Å². The third-order valence-corrected chi connectivity index (χ3v) is 2.58. The minimum absolute atomic E-state index is 0.219. The van der Waals surface area contributed by atoms with Crippen molar-refractivity contribution in [2.75, 3.05) is 13.7 Å². The number of alkyl halides is 3. The maximum atomic E-state index is 11.9. The van der Waals surface area contributed by atoms with Crippen molar-refractivity contribution < 1.29 is 22.7 Å². The fourth-order valence-corrected chi connectivity index (χ4v) is 1.34. The smallest absolute Gasteiger partial charge is 0.378 e. The molecule has 0 aromatic heterocycles. The van der Waals surface area contributed by atoms with Crippen LogP contribution in [0.3, 0.4) is 0 Å². The van der Waals surface area contributed by atoms with Crippen LogP contribution in [0.2, 0.25) is 0 Å². The second-order valence-electron chi connectivity index (χ2n) is 4.20. The fraction of sp³-hybridized carbons (Fsp3) is 0.900. The van der Waals surface area contributed by atoms with Crippen LogP contribution in [0, 0.1) is 0 Å². The van der Waals surface area contributed by atoms with Gasteiger partial charge < -0.3 is 15.8 Å². The number of likely N-dealkylation sites (N-methyl/N-ethyl adjacent to an activating group) is 1. The normalized spacial score (nSPS) is 17.5. The molecule has 0 aromatic rings. The molecule has 1 amide bonds.